The van der Waals surface area contributed by atoms with Gasteiger partial charge in [0.1, 0.15) is 12.1 Å². The highest BCUT2D eigenvalue weighted by atomic mass is 19.1. The van der Waals surface area contributed by atoms with Gasteiger partial charge in [0.2, 0.25) is 5.91 Å². The summed E-state index contributed by atoms with van der Waals surface area (Å²) in [5.74, 6) is -0.229. The lowest BCUT2D eigenvalue weighted by molar-refractivity contribution is -0.157. The fourth-order valence-corrected chi connectivity index (χ4v) is 3.83. The second kappa shape index (κ2) is 8.20. The predicted octanol–water partition coefficient (Wildman–Crippen LogP) is 2.08. The number of amides is 1. The highest BCUT2D eigenvalue weighted by Gasteiger charge is 2.34. The van der Waals surface area contributed by atoms with Crippen molar-refractivity contribution in [1.29, 1.82) is 0 Å². The van der Waals surface area contributed by atoms with E-state index < -0.39 is 6.35 Å². The van der Waals surface area contributed by atoms with Gasteiger partial charge in [-0.05, 0) is 43.2 Å². The molecule has 0 spiro atoms. The molecule has 1 aromatic heterocycles. The van der Waals surface area contributed by atoms with E-state index in [2.05, 4.69) is 20.2 Å². The largest absolute Gasteiger partial charge is 0.366 e. The van der Waals surface area contributed by atoms with Crippen LogP contribution in [0.25, 0.3) is 0 Å². The maximum Gasteiger partial charge on any atom is 0.227 e. The van der Waals surface area contributed by atoms with Crippen LogP contribution in [0.2, 0.25) is 0 Å². The first-order valence-electron chi connectivity index (χ1n) is 9.53. The number of aromatic nitrogens is 2. The van der Waals surface area contributed by atoms with Crippen molar-refractivity contribution < 1.29 is 13.9 Å². The van der Waals surface area contributed by atoms with Gasteiger partial charge < -0.3 is 14.5 Å². The quantitative estimate of drug-likeness (QED) is 0.850. The van der Waals surface area contributed by atoms with Crippen LogP contribution in [-0.4, -0.2) is 53.4 Å². The number of anilines is 1. The molecule has 1 aromatic carbocycles. The standard InChI is InChI=1S/C20H24FN5O2/c1-25-19(27)11-18(17-8-9-22-13-23-17)24-20(25)28-12-16-3-2-10-26(16)15-6-4-14(21)5-7-15/h4-9,13,16,18,20,24H,2-3,10-12H2,1H3/t16-,18?,20?/m0/s1. The van der Waals surface area contributed by atoms with Crippen LogP contribution in [0, 0.1) is 5.82 Å². The van der Waals surface area contributed by atoms with Gasteiger partial charge in [-0.15, -0.1) is 0 Å². The van der Waals surface area contributed by atoms with Crippen LogP contribution < -0.4 is 10.2 Å². The zero-order chi connectivity index (χ0) is 19.5. The van der Waals surface area contributed by atoms with Gasteiger partial charge in [0.15, 0.2) is 6.35 Å². The lowest BCUT2D eigenvalue weighted by Gasteiger charge is -2.38. The molecule has 1 amide bonds. The Kier molecular flexibility index (Phi) is 5.50. The number of nitrogens with zero attached hydrogens (tertiary/aromatic N) is 4. The van der Waals surface area contributed by atoms with E-state index in [4.69, 9.17) is 4.74 Å². The van der Waals surface area contributed by atoms with E-state index in [0.717, 1.165) is 30.8 Å². The Morgan fingerprint density at radius 1 is 1.29 bits per heavy atom. The summed E-state index contributed by atoms with van der Waals surface area (Å²) in [5, 5.41) is 3.36. The third kappa shape index (κ3) is 3.98. The van der Waals surface area contributed by atoms with Gasteiger partial charge in [0.05, 0.1) is 24.4 Å². The van der Waals surface area contributed by atoms with Crippen LogP contribution in [0.1, 0.15) is 31.0 Å². The average Bonchev–Trinajstić information content (AvgIpc) is 3.19. The number of hydrogen-bond acceptors (Lipinski definition) is 6. The van der Waals surface area contributed by atoms with E-state index in [9.17, 15) is 9.18 Å². The molecular weight excluding hydrogens is 361 g/mol. The summed E-state index contributed by atoms with van der Waals surface area (Å²) in [6, 6.07) is 8.35. The molecule has 0 radical (unpaired) electrons. The molecule has 7 nitrogen and oxygen atoms in total. The highest BCUT2D eigenvalue weighted by molar-refractivity contribution is 5.77. The molecule has 2 saturated heterocycles. The predicted molar refractivity (Wildman–Crippen MR) is 102 cm³/mol. The molecule has 0 saturated carbocycles. The molecule has 2 aliphatic rings. The third-order valence-electron chi connectivity index (χ3n) is 5.41. The van der Waals surface area contributed by atoms with Gasteiger partial charge in [-0.25, -0.2) is 14.4 Å². The van der Waals surface area contributed by atoms with Crippen LogP contribution in [0.5, 0.6) is 0 Å². The van der Waals surface area contributed by atoms with Crippen molar-refractivity contribution in [3.63, 3.8) is 0 Å². The summed E-state index contributed by atoms with van der Waals surface area (Å²) in [7, 11) is 1.74. The van der Waals surface area contributed by atoms with Crippen molar-refractivity contribution in [1.82, 2.24) is 20.2 Å². The molecular formula is C20H24FN5O2. The number of halogens is 1. The number of carbonyl (C=O) groups excluding carboxylic acids is 1. The molecule has 8 heteroatoms. The second-order valence-electron chi connectivity index (χ2n) is 7.21. The van der Waals surface area contributed by atoms with E-state index >= 15 is 0 Å². The highest BCUT2D eigenvalue weighted by Crippen LogP contribution is 2.27. The number of ether oxygens (including phenoxy) is 1. The lowest BCUT2D eigenvalue weighted by Crippen LogP contribution is -2.55. The summed E-state index contributed by atoms with van der Waals surface area (Å²) in [4.78, 5) is 24.4. The minimum atomic E-state index is -0.517. The first kappa shape index (κ1) is 18.8. The number of rotatable bonds is 5. The summed E-state index contributed by atoms with van der Waals surface area (Å²) >= 11 is 0. The molecule has 2 aliphatic heterocycles. The van der Waals surface area contributed by atoms with E-state index in [1.807, 2.05) is 0 Å². The zero-order valence-corrected chi connectivity index (χ0v) is 15.8. The summed E-state index contributed by atoms with van der Waals surface area (Å²) in [6.07, 6.45) is 5.02. The van der Waals surface area contributed by atoms with Crippen molar-refractivity contribution in [2.45, 2.75) is 37.7 Å². The second-order valence-corrected chi connectivity index (χ2v) is 7.21. The van der Waals surface area contributed by atoms with Gasteiger partial charge in [-0.3, -0.25) is 10.1 Å². The Bertz CT molecular complexity index is 804. The van der Waals surface area contributed by atoms with Crippen molar-refractivity contribution in [3.8, 4) is 0 Å². The van der Waals surface area contributed by atoms with Crippen molar-refractivity contribution in [2.24, 2.45) is 0 Å². The average molecular weight is 385 g/mol. The van der Waals surface area contributed by atoms with Crippen LogP contribution in [0.15, 0.2) is 42.9 Å². The maximum atomic E-state index is 13.2. The Balaban J connectivity index is 1.41. The number of hydrogen-bond donors (Lipinski definition) is 1. The molecule has 4 rings (SSSR count). The molecule has 0 aliphatic carbocycles. The zero-order valence-electron chi connectivity index (χ0n) is 15.8. The Labute approximate surface area is 163 Å². The topological polar surface area (TPSA) is 70.6 Å². The summed E-state index contributed by atoms with van der Waals surface area (Å²) < 4.78 is 19.3. The molecule has 3 heterocycles. The van der Waals surface area contributed by atoms with E-state index in [1.165, 1.54) is 18.5 Å². The van der Waals surface area contributed by atoms with Crippen LogP contribution in [0.3, 0.4) is 0 Å². The SMILES string of the molecule is CN1C(=O)CC(c2ccncn2)NC1OC[C@@H]1CCCN1c1ccc(F)cc1. The smallest absolute Gasteiger partial charge is 0.227 e. The normalized spacial score (nSPS) is 25.4. The van der Waals surface area contributed by atoms with Crippen molar-refractivity contribution in [2.75, 3.05) is 25.1 Å². The molecule has 2 aromatic rings. The minimum absolute atomic E-state index is 0.00850. The fourth-order valence-electron chi connectivity index (χ4n) is 3.83. The van der Waals surface area contributed by atoms with E-state index in [-0.39, 0.29) is 23.8 Å². The first-order valence-corrected chi connectivity index (χ1v) is 9.53. The fraction of sp³-hybridized carbons (Fsp3) is 0.450. The van der Waals surface area contributed by atoms with Crippen LogP contribution in [0.4, 0.5) is 10.1 Å². The molecule has 0 bridgehead atoms. The van der Waals surface area contributed by atoms with Crippen LogP contribution >= 0.6 is 0 Å². The Morgan fingerprint density at radius 3 is 2.86 bits per heavy atom. The maximum absolute atomic E-state index is 13.2. The van der Waals surface area contributed by atoms with Gasteiger partial charge in [0.25, 0.3) is 0 Å². The molecule has 1 N–H and O–H groups in total. The number of carbonyl (C=O) groups is 1. The molecule has 28 heavy (non-hydrogen) atoms. The van der Waals surface area contributed by atoms with Crippen molar-refractivity contribution in [3.05, 3.63) is 54.4 Å². The number of nitrogens with one attached hydrogen (secondary N) is 1. The van der Waals surface area contributed by atoms with Gasteiger partial charge in [-0.1, -0.05) is 0 Å². The monoisotopic (exact) mass is 385 g/mol. The van der Waals surface area contributed by atoms with Gasteiger partial charge in [0, 0.05) is 31.9 Å². The third-order valence-corrected chi connectivity index (χ3v) is 5.41. The Hall–Kier alpha value is -2.58. The first-order chi connectivity index (χ1) is 13.6. The minimum Gasteiger partial charge on any atom is -0.366 e. The lowest BCUT2D eigenvalue weighted by atomic mass is 10.1. The van der Waals surface area contributed by atoms with Gasteiger partial charge in [-0.2, -0.15) is 0 Å². The van der Waals surface area contributed by atoms with Crippen molar-refractivity contribution >= 4 is 11.6 Å². The molecule has 2 unspecified atom stereocenters. The van der Waals surface area contributed by atoms with E-state index in [0.29, 0.717) is 13.0 Å². The molecule has 2 fully saturated rings. The van der Waals surface area contributed by atoms with Gasteiger partial charge >= 0.3 is 0 Å². The summed E-state index contributed by atoms with van der Waals surface area (Å²) in [5.41, 5.74) is 1.77. The number of benzene rings is 1. The van der Waals surface area contributed by atoms with Crippen LogP contribution in [-0.2, 0) is 9.53 Å². The molecule has 3 atom stereocenters. The Morgan fingerprint density at radius 2 is 2.11 bits per heavy atom. The summed E-state index contributed by atoms with van der Waals surface area (Å²) in [6.45, 7) is 1.39. The van der Waals surface area contributed by atoms with E-state index in [1.54, 1.807) is 36.3 Å². The molecule has 148 valence electrons.